The second-order valence-electron chi connectivity index (χ2n) is 2.33. The average molecular weight is 185 g/mol. The minimum atomic E-state index is -0.148. The van der Waals surface area contributed by atoms with Crippen LogP contribution in [0.4, 0.5) is 5.13 Å². The van der Waals surface area contributed by atoms with E-state index in [4.69, 9.17) is 5.73 Å². The Labute approximate surface area is 74.8 Å². The Morgan fingerprint density at radius 2 is 2.58 bits per heavy atom. The van der Waals surface area contributed by atoms with Crippen molar-refractivity contribution >= 4 is 22.4 Å². The molecule has 0 radical (unpaired) electrons. The van der Waals surface area contributed by atoms with Gasteiger partial charge in [0.1, 0.15) is 5.69 Å². The summed E-state index contributed by atoms with van der Waals surface area (Å²) in [6.45, 7) is 2.67. The second kappa shape index (κ2) is 4.06. The molecule has 0 unspecified atom stereocenters. The monoisotopic (exact) mass is 185 g/mol. The number of rotatable bonds is 3. The molecular weight excluding hydrogens is 174 g/mol. The van der Waals surface area contributed by atoms with Crippen LogP contribution in [-0.2, 0) is 0 Å². The smallest absolute Gasteiger partial charge is 0.270 e. The van der Waals surface area contributed by atoms with Gasteiger partial charge >= 0.3 is 0 Å². The highest BCUT2D eigenvalue weighted by atomic mass is 32.1. The molecule has 0 bridgehead atoms. The molecule has 1 amide bonds. The number of nitrogen functional groups attached to an aromatic ring is 1. The van der Waals surface area contributed by atoms with Gasteiger partial charge in [0.15, 0.2) is 5.13 Å². The van der Waals surface area contributed by atoms with Gasteiger partial charge in [-0.05, 0) is 6.42 Å². The van der Waals surface area contributed by atoms with Gasteiger partial charge in [-0.3, -0.25) is 4.79 Å². The van der Waals surface area contributed by atoms with E-state index in [2.05, 4.69) is 10.3 Å². The fourth-order valence-corrected chi connectivity index (χ4v) is 1.26. The van der Waals surface area contributed by atoms with Crippen LogP contribution < -0.4 is 11.1 Å². The zero-order chi connectivity index (χ0) is 8.97. The Bertz CT molecular complexity index is 271. The average Bonchev–Trinajstić information content (AvgIpc) is 2.47. The molecule has 4 nitrogen and oxygen atoms in total. The lowest BCUT2D eigenvalue weighted by Gasteiger charge is -1.98. The number of amides is 1. The first kappa shape index (κ1) is 8.99. The van der Waals surface area contributed by atoms with Crippen LogP contribution in [0.1, 0.15) is 23.8 Å². The summed E-state index contributed by atoms with van der Waals surface area (Å²) in [7, 11) is 0. The summed E-state index contributed by atoms with van der Waals surface area (Å²) in [6.07, 6.45) is 0.922. The summed E-state index contributed by atoms with van der Waals surface area (Å²) in [5.41, 5.74) is 5.78. The first-order valence-corrected chi connectivity index (χ1v) is 4.61. The van der Waals surface area contributed by atoms with Crippen LogP contribution in [0.3, 0.4) is 0 Å². The van der Waals surface area contributed by atoms with Gasteiger partial charge in [-0.25, -0.2) is 4.98 Å². The van der Waals surface area contributed by atoms with Crippen molar-refractivity contribution in [3.63, 3.8) is 0 Å². The SMILES string of the molecule is CCCNC(=O)c1csc(N)n1. The minimum absolute atomic E-state index is 0.148. The summed E-state index contributed by atoms with van der Waals surface area (Å²) in [4.78, 5) is 15.0. The van der Waals surface area contributed by atoms with Gasteiger partial charge in [0.25, 0.3) is 5.91 Å². The number of aromatic nitrogens is 1. The molecule has 0 saturated carbocycles. The molecule has 0 spiro atoms. The van der Waals surface area contributed by atoms with E-state index in [1.54, 1.807) is 5.38 Å². The minimum Gasteiger partial charge on any atom is -0.375 e. The van der Waals surface area contributed by atoms with Crippen molar-refractivity contribution in [3.05, 3.63) is 11.1 Å². The van der Waals surface area contributed by atoms with E-state index in [1.807, 2.05) is 6.92 Å². The Morgan fingerprint density at radius 1 is 1.83 bits per heavy atom. The molecular formula is C7H11N3OS. The number of hydrogen-bond acceptors (Lipinski definition) is 4. The molecule has 0 saturated heterocycles. The van der Waals surface area contributed by atoms with Crippen molar-refractivity contribution in [2.45, 2.75) is 13.3 Å². The summed E-state index contributed by atoms with van der Waals surface area (Å²) >= 11 is 1.27. The topological polar surface area (TPSA) is 68.0 Å². The van der Waals surface area contributed by atoms with Gasteiger partial charge in [-0.15, -0.1) is 11.3 Å². The number of nitrogens with one attached hydrogen (secondary N) is 1. The lowest BCUT2D eigenvalue weighted by atomic mass is 10.4. The van der Waals surface area contributed by atoms with Crippen molar-refractivity contribution in [1.29, 1.82) is 0 Å². The molecule has 66 valence electrons. The highest BCUT2D eigenvalue weighted by Gasteiger charge is 2.07. The highest BCUT2D eigenvalue weighted by molar-refractivity contribution is 7.13. The zero-order valence-electron chi connectivity index (χ0n) is 6.83. The molecule has 1 aromatic rings. The number of nitrogens with two attached hydrogens (primary N) is 1. The first-order chi connectivity index (χ1) is 5.74. The normalized spacial score (nSPS) is 9.75. The third kappa shape index (κ3) is 2.20. The summed E-state index contributed by atoms with van der Waals surface area (Å²) < 4.78 is 0. The fourth-order valence-electron chi connectivity index (χ4n) is 0.721. The predicted octanol–water partition coefficient (Wildman–Crippen LogP) is 0.865. The third-order valence-electron chi connectivity index (χ3n) is 1.29. The van der Waals surface area contributed by atoms with E-state index in [1.165, 1.54) is 11.3 Å². The molecule has 0 fully saturated rings. The Balaban J connectivity index is 2.53. The van der Waals surface area contributed by atoms with Gasteiger partial charge in [0.2, 0.25) is 0 Å². The number of anilines is 1. The largest absolute Gasteiger partial charge is 0.375 e. The van der Waals surface area contributed by atoms with Gasteiger partial charge < -0.3 is 11.1 Å². The number of thiazole rings is 1. The van der Waals surface area contributed by atoms with Crippen LogP contribution >= 0.6 is 11.3 Å². The summed E-state index contributed by atoms with van der Waals surface area (Å²) in [6, 6.07) is 0. The molecule has 3 N–H and O–H groups in total. The van der Waals surface area contributed by atoms with E-state index < -0.39 is 0 Å². The predicted molar refractivity (Wildman–Crippen MR) is 49.2 cm³/mol. The molecule has 12 heavy (non-hydrogen) atoms. The van der Waals surface area contributed by atoms with E-state index in [9.17, 15) is 4.79 Å². The van der Waals surface area contributed by atoms with Gasteiger partial charge in [-0.2, -0.15) is 0 Å². The van der Waals surface area contributed by atoms with Crippen molar-refractivity contribution in [3.8, 4) is 0 Å². The van der Waals surface area contributed by atoms with Gasteiger partial charge in [-0.1, -0.05) is 6.92 Å². The van der Waals surface area contributed by atoms with Crippen LogP contribution in [0.25, 0.3) is 0 Å². The van der Waals surface area contributed by atoms with E-state index in [-0.39, 0.29) is 5.91 Å². The Morgan fingerprint density at radius 3 is 3.08 bits per heavy atom. The Kier molecular flexibility index (Phi) is 3.04. The third-order valence-corrected chi connectivity index (χ3v) is 1.96. The lowest BCUT2D eigenvalue weighted by molar-refractivity contribution is 0.0949. The maximum absolute atomic E-state index is 11.2. The van der Waals surface area contributed by atoms with Crippen LogP contribution in [0.15, 0.2) is 5.38 Å². The van der Waals surface area contributed by atoms with Crippen molar-refractivity contribution in [2.24, 2.45) is 0 Å². The summed E-state index contributed by atoms with van der Waals surface area (Å²) in [5.74, 6) is -0.148. The number of nitrogens with zero attached hydrogens (tertiary/aromatic N) is 1. The van der Waals surface area contributed by atoms with Gasteiger partial charge in [0, 0.05) is 11.9 Å². The maximum atomic E-state index is 11.2. The van der Waals surface area contributed by atoms with Crippen molar-refractivity contribution in [1.82, 2.24) is 10.3 Å². The van der Waals surface area contributed by atoms with Crippen molar-refractivity contribution in [2.75, 3.05) is 12.3 Å². The Hall–Kier alpha value is -1.10. The second-order valence-corrected chi connectivity index (χ2v) is 3.22. The van der Waals surface area contributed by atoms with Crippen LogP contribution in [0.5, 0.6) is 0 Å². The molecule has 0 aromatic carbocycles. The van der Waals surface area contributed by atoms with E-state index in [0.29, 0.717) is 17.4 Å². The maximum Gasteiger partial charge on any atom is 0.270 e. The van der Waals surface area contributed by atoms with Crippen LogP contribution in [0, 0.1) is 0 Å². The standard InChI is InChI=1S/C7H11N3OS/c1-2-3-9-6(11)5-4-12-7(8)10-5/h4H,2-3H2,1H3,(H2,8,10)(H,9,11). The molecule has 1 rings (SSSR count). The number of carbonyl (C=O) groups is 1. The van der Waals surface area contributed by atoms with Crippen LogP contribution in [0.2, 0.25) is 0 Å². The number of carbonyl (C=O) groups excluding carboxylic acids is 1. The molecule has 0 aliphatic heterocycles. The number of hydrogen-bond donors (Lipinski definition) is 2. The first-order valence-electron chi connectivity index (χ1n) is 3.73. The van der Waals surface area contributed by atoms with Crippen LogP contribution in [-0.4, -0.2) is 17.4 Å². The lowest BCUT2D eigenvalue weighted by Crippen LogP contribution is -2.24. The molecule has 1 aromatic heterocycles. The quantitative estimate of drug-likeness (QED) is 0.734. The van der Waals surface area contributed by atoms with E-state index >= 15 is 0 Å². The molecule has 0 atom stereocenters. The molecule has 0 aliphatic rings. The molecule has 1 heterocycles. The molecule has 5 heteroatoms. The fraction of sp³-hybridized carbons (Fsp3) is 0.429. The van der Waals surface area contributed by atoms with Crippen molar-refractivity contribution < 1.29 is 4.79 Å². The zero-order valence-corrected chi connectivity index (χ0v) is 7.65. The van der Waals surface area contributed by atoms with E-state index in [0.717, 1.165) is 6.42 Å². The van der Waals surface area contributed by atoms with Gasteiger partial charge in [0.05, 0.1) is 0 Å². The summed E-state index contributed by atoms with van der Waals surface area (Å²) in [5, 5.41) is 4.79. The highest BCUT2D eigenvalue weighted by Crippen LogP contribution is 2.10. The molecule has 0 aliphatic carbocycles.